The van der Waals surface area contributed by atoms with E-state index in [4.69, 9.17) is 21.1 Å². The van der Waals surface area contributed by atoms with Crippen LogP contribution in [0.5, 0.6) is 11.5 Å². The highest BCUT2D eigenvalue weighted by Crippen LogP contribution is 2.29. The molecule has 0 aliphatic carbocycles. The minimum atomic E-state index is 0. The number of methoxy groups -OCH3 is 2. The van der Waals surface area contributed by atoms with Gasteiger partial charge in [-0.1, -0.05) is 17.7 Å². The third kappa shape index (κ3) is 6.58. The van der Waals surface area contributed by atoms with Crippen molar-refractivity contribution in [1.29, 1.82) is 0 Å². The Morgan fingerprint density at radius 1 is 1.16 bits per heavy atom. The normalized spacial score (nSPS) is 10.6. The van der Waals surface area contributed by atoms with E-state index in [1.165, 1.54) is 0 Å². The summed E-state index contributed by atoms with van der Waals surface area (Å²) in [5.41, 5.74) is 1.96. The fraction of sp³-hybridized carbons (Fsp3) is 0.294. The number of pyridine rings is 1. The van der Waals surface area contributed by atoms with Gasteiger partial charge in [-0.3, -0.25) is 4.99 Å². The lowest BCUT2D eigenvalue weighted by Gasteiger charge is -2.14. The maximum atomic E-state index is 5.78. The minimum absolute atomic E-state index is 0. The molecule has 2 aromatic rings. The number of nitrogens with one attached hydrogen (secondary N) is 2. The van der Waals surface area contributed by atoms with E-state index in [2.05, 4.69) is 20.6 Å². The van der Waals surface area contributed by atoms with Gasteiger partial charge in [0.25, 0.3) is 0 Å². The van der Waals surface area contributed by atoms with E-state index in [1.807, 2.05) is 24.3 Å². The highest BCUT2D eigenvalue weighted by molar-refractivity contribution is 14.0. The Bertz CT molecular complexity index is 696. The fourth-order valence-electron chi connectivity index (χ4n) is 2.11. The Morgan fingerprint density at radius 2 is 1.92 bits per heavy atom. The van der Waals surface area contributed by atoms with Crippen LogP contribution in [-0.2, 0) is 6.42 Å². The van der Waals surface area contributed by atoms with Crippen LogP contribution >= 0.6 is 35.6 Å². The van der Waals surface area contributed by atoms with Crippen LogP contribution in [0.15, 0.2) is 41.5 Å². The predicted octanol–water partition coefficient (Wildman–Crippen LogP) is 3.60. The molecule has 0 saturated heterocycles. The standard InChI is InChI=1S/C17H21ClN4O2.HI/c1-19-17(20-9-8-12-4-7-16(18)21-11-12)22-13-5-6-14(23-2)15(10-13)24-3;/h4-7,10-11H,8-9H2,1-3H3,(H2,19,20,22);1H. The largest absolute Gasteiger partial charge is 0.493 e. The zero-order valence-electron chi connectivity index (χ0n) is 14.4. The zero-order valence-corrected chi connectivity index (χ0v) is 17.5. The quantitative estimate of drug-likeness (QED) is 0.289. The summed E-state index contributed by atoms with van der Waals surface area (Å²) in [6.07, 6.45) is 2.59. The molecule has 8 heteroatoms. The number of ether oxygens (including phenoxy) is 2. The first kappa shape index (κ1) is 21.3. The fourth-order valence-corrected chi connectivity index (χ4v) is 2.22. The Morgan fingerprint density at radius 3 is 2.52 bits per heavy atom. The monoisotopic (exact) mass is 476 g/mol. The van der Waals surface area contributed by atoms with Crippen molar-refractivity contribution in [3.63, 3.8) is 0 Å². The van der Waals surface area contributed by atoms with Gasteiger partial charge in [0.05, 0.1) is 14.2 Å². The molecule has 2 N–H and O–H groups in total. The molecular weight excluding hydrogens is 455 g/mol. The summed E-state index contributed by atoms with van der Waals surface area (Å²) in [6.45, 7) is 0.719. The second-order valence-corrected chi connectivity index (χ2v) is 5.32. The number of halogens is 2. The van der Waals surface area contributed by atoms with Crippen molar-refractivity contribution in [1.82, 2.24) is 10.3 Å². The molecule has 0 radical (unpaired) electrons. The summed E-state index contributed by atoms with van der Waals surface area (Å²) >= 11 is 5.78. The summed E-state index contributed by atoms with van der Waals surface area (Å²) in [5.74, 6) is 2.01. The van der Waals surface area contributed by atoms with Gasteiger partial charge in [0.2, 0.25) is 0 Å². The Labute approximate surface area is 170 Å². The van der Waals surface area contributed by atoms with E-state index in [0.29, 0.717) is 22.6 Å². The van der Waals surface area contributed by atoms with E-state index in [0.717, 1.165) is 24.2 Å². The van der Waals surface area contributed by atoms with Crippen LogP contribution in [-0.4, -0.2) is 38.8 Å². The second-order valence-electron chi connectivity index (χ2n) is 4.93. The van der Waals surface area contributed by atoms with Gasteiger partial charge in [-0.05, 0) is 30.2 Å². The topological polar surface area (TPSA) is 67.8 Å². The number of nitrogens with zero attached hydrogens (tertiary/aromatic N) is 2. The van der Waals surface area contributed by atoms with Gasteiger partial charge >= 0.3 is 0 Å². The van der Waals surface area contributed by atoms with Gasteiger partial charge in [-0.2, -0.15) is 0 Å². The van der Waals surface area contributed by atoms with E-state index in [9.17, 15) is 0 Å². The number of aliphatic imine (C=N–C) groups is 1. The first-order chi connectivity index (χ1) is 11.7. The molecule has 0 aliphatic rings. The van der Waals surface area contributed by atoms with Gasteiger partial charge in [0, 0.05) is 31.5 Å². The van der Waals surface area contributed by atoms with E-state index < -0.39 is 0 Å². The molecule has 0 bridgehead atoms. The smallest absolute Gasteiger partial charge is 0.195 e. The van der Waals surface area contributed by atoms with E-state index in [-0.39, 0.29) is 24.0 Å². The van der Waals surface area contributed by atoms with Crippen LogP contribution < -0.4 is 20.1 Å². The number of hydrogen-bond donors (Lipinski definition) is 2. The Kier molecular flexibility index (Phi) is 9.36. The lowest BCUT2D eigenvalue weighted by molar-refractivity contribution is 0.355. The molecule has 0 fully saturated rings. The predicted molar refractivity (Wildman–Crippen MR) is 113 cm³/mol. The lowest BCUT2D eigenvalue weighted by atomic mass is 10.2. The van der Waals surface area contributed by atoms with Crippen LogP contribution in [0, 0.1) is 0 Å². The summed E-state index contributed by atoms with van der Waals surface area (Å²) in [5, 5.41) is 6.97. The third-order valence-corrected chi connectivity index (χ3v) is 3.59. The SMILES string of the molecule is CN=C(NCCc1ccc(Cl)nc1)Nc1ccc(OC)c(OC)c1.I. The van der Waals surface area contributed by atoms with Crippen molar-refractivity contribution in [3.05, 3.63) is 47.2 Å². The summed E-state index contributed by atoms with van der Waals surface area (Å²) < 4.78 is 10.5. The highest BCUT2D eigenvalue weighted by Gasteiger charge is 2.06. The average molecular weight is 477 g/mol. The van der Waals surface area contributed by atoms with Crippen molar-refractivity contribution in [2.75, 3.05) is 33.1 Å². The molecular formula is C17H22ClIN4O2. The molecule has 136 valence electrons. The van der Waals surface area contributed by atoms with Crippen molar-refractivity contribution < 1.29 is 9.47 Å². The maximum absolute atomic E-state index is 5.78. The number of guanidine groups is 1. The lowest BCUT2D eigenvalue weighted by Crippen LogP contribution is -2.32. The molecule has 1 aromatic heterocycles. The number of aromatic nitrogens is 1. The van der Waals surface area contributed by atoms with Gasteiger partial charge in [-0.15, -0.1) is 24.0 Å². The minimum Gasteiger partial charge on any atom is -0.493 e. The van der Waals surface area contributed by atoms with Crippen LogP contribution in [0.4, 0.5) is 5.69 Å². The van der Waals surface area contributed by atoms with Crippen LogP contribution in [0.2, 0.25) is 5.15 Å². The van der Waals surface area contributed by atoms with E-state index in [1.54, 1.807) is 33.5 Å². The molecule has 1 heterocycles. The first-order valence-electron chi connectivity index (χ1n) is 7.46. The molecule has 0 aliphatic heterocycles. The molecule has 1 aromatic carbocycles. The maximum Gasteiger partial charge on any atom is 0.195 e. The number of rotatable bonds is 6. The molecule has 0 unspecified atom stereocenters. The van der Waals surface area contributed by atoms with Crippen LogP contribution in [0.1, 0.15) is 5.56 Å². The van der Waals surface area contributed by atoms with Crippen LogP contribution in [0.3, 0.4) is 0 Å². The number of anilines is 1. The molecule has 0 saturated carbocycles. The summed E-state index contributed by atoms with van der Waals surface area (Å²) in [4.78, 5) is 8.28. The number of hydrogen-bond acceptors (Lipinski definition) is 4. The molecule has 0 amide bonds. The second kappa shape index (κ2) is 11.0. The Hall–Kier alpha value is -1.74. The van der Waals surface area contributed by atoms with E-state index >= 15 is 0 Å². The average Bonchev–Trinajstić information content (AvgIpc) is 2.62. The highest BCUT2D eigenvalue weighted by atomic mass is 127. The third-order valence-electron chi connectivity index (χ3n) is 3.36. The molecule has 0 spiro atoms. The van der Waals surface area contributed by atoms with Crippen molar-refractivity contribution >= 4 is 47.2 Å². The van der Waals surface area contributed by atoms with Crippen LogP contribution in [0.25, 0.3) is 0 Å². The zero-order chi connectivity index (χ0) is 17.4. The van der Waals surface area contributed by atoms with Gasteiger partial charge in [0.1, 0.15) is 5.15 Å². The summed E-state index contributed by atoms with van der Waals surface area (Å²) in [6, 6.07) is 9.34. The van der Waals surface area contributed by atoms with Gasteiger partial charge < -0.3 is 20.1 Å². The molecule has 2 rings (SSSR count). The first-order valence-corrected chi connectivity index (χ1v) is 7.84. The van der Waals surface area contributed by atoms with Gasteiger partial charge in [0.15, 0.2) is 17.5 Å². The molecule has 25 heavy (non-hydrogen) atoms. The Balaban J connectivity index is 0.00000312. The number of benzene rings is 1. The molecule has 0 atom stereocenters. The summed E-state index contributed by atoms with van der Waals surface area (Å²) in [7, 11) is 4.94. The molecule has 6 nitrogen and oxygen atoms in total. The van der Waals surface area contributed by atoms with Gasteiger partial charge in [-0.25, -0.2) is 4.98 Å². The van der Waals surface area contributed by atoms with Crippen molar-refractivity contribution in [3.8, 4) is 11.5 Å². The van der Waals surface area contributed by atoms with Crippen molar-refractivity contribution in [2.24, 2.45) is 4.99 Å². The van der Waals surface area contributed by atoms with Crippen molar-refractivity contribution in [2.45, 2.75) is 6.42 Å².